The lowest BCUT2D eigenvalue weighted by Crippen LogP contribution is -2.52. The highest BCUT2D eigenvalue weighted by Gasteiger charge is 2.69. The summed E-state index contributed by atoms with van der Waals surface area (Å²) in [5.74, 6) is 1.74. The number of carbonyl (C=O) groups is 1. The second kappa shape index (κ2) is 20.5. The fourth-order valence-corrected chi connectivity index (χ4v) is 9.61. The molecule has 1 heterocycles. The third-order valence-electron chi connectivity index (χ3n) is 12.0. The lowest BCUT2D eigenvalue weighted by atomic mass is 9.89. The van der Waals surface area contributed by atoms with Crippen LogP contribution in [0.25, 0.3) is 0 Å². The third kappa shape index (κ3) is 12.8. The Morgan fingerprint density at radius 3 is 2.11 bits per heavy atom. The minimum Gasteiger partial charge on any atom is -0.488 e. The van der Waals surface area contributed by atoms with Gasteiger partial charge in [-0.3, -0.25) is 0 Å². The Kier molecular flexibility index (Phi) is 17.8. The Balaban J connectivity index is 2.06. The van der Waals surface area contributed by atoms with Gasteiger partial charge in [0.1, 0.15) is 30.8 Å². The quantitative estimate of drug-likeness (QED) is 0.0383. The number of benzene rings is 2. The predicted octanol–water partition coefficient (Wildman–Crippen LogP) is 13.1. The molecule has 0 radical (unpaired) electrons. The van der Waals surface area contributed by atoms with Gasteiger partial charge in [0, 0.05) is 6.42 Å². The molecule has 0 amide bonds. The van der Waals surface area contributed by atoms with Crippen molar-refractivity contribution in [3.8, 4) is 11.5 Å². The van der Waals surface area contributed by atoms with E-state index in [1.165, 1.54) is 0 Å². The number of halogens is 1. The summed E-state index contributed by atoms with van der Waals surface area (Å²) in [7, 11) is -4.46. The van der Waals surface area contributed by atoms with Gasteiger partial charge in [0.25, 0.3) is 0 Å². The fraction of sp³-hybridized carbons (Fsp3) is 0.638. The van der Waals surface area contributed by atoms with Crippen molar-refractivity contribution in [3.63, 3.8) is 0 Å². The molecule has 2 unspecified atom stereocenters. The van der Waals surface area contributed by atoms with Crippen LogP contribution >= 0.6 is 22.6 Å². The molecule has 7 nitrogen and oxygen atoms in total. The van der Waals surface area contributed by atoms with Crippen molar-refractivity contribution >= 4 is 45.2 Å². The normalized spacial score (nSPS) is 18.4. The molecule has 1 aliphatic heterocycles. The molecule has 0 aromatic heterocycles. The van der Waals surface area contributed by atoms with E-state index in [1.807, 2.05) is 32.0 Å². The van der Waals surface area contributed by atoms with E-state index >= 15 is 0 Å². The number of rotatable bonds is 22. The Morgan fingerprint density at radius 2 is 1.58 bits per heavy atom. The van der Waals surface area contributed by atoms with Crippen molar-refractivity contribution in [2.24, 2.45) is 5.92 Å². The molecule has 1 saturated heterocycles. The Hall–Kier alpha value is -1.97. The largest absolute Gasteiger partial charge is 0.488 e. The van der Waals surface area contributed by atoms with Crippen LogP contribution in [0.4, 0.5) is 0 Å². The number of esters is 1. The third-order valence-corrected chi connectivity index (χ3v) is 21.8. The fourth-order valence-electron chi connectivity index (χ4n) is 6.49. The molecule has 3 rings (SSSR count). The number of allylic oxidation sites excluding steroid dienone is 1. The Bertz CT molecular complexity index is 1670. The van der Waals surface area contributed by atoms with Crippen LogP contribution in [0.2, 0.25) is 36.3 Å². The first kappa shape index (κ1) is 49.4. The lowest BCUT2D eigenvalue weighted by Gasteiger charge is -2.41. The summed E-state index contributed by atoms with van der Waals surface area (Å²) in [5.41, 5.74) is 4.11. The van der Waals surface area contributed by atoms with Gasteiger partial charge >= 0.3 is 5.97 Å². The standard InChI is InChI=1S/C47H75IO7Si2/c1-17-23-36(34(6)29-41(55-57(15,16)46(10,11)12)47(40(18-2)54-47)44(49)50-19-3)26-27-51-43-38(32-53-56(13,14)45(7,8)9)42(37(28-33(4)5)30-39(43)48)52-31-35-24-21-20-22-25-35/h20-22,24-26,30,33,40-41H,6,17-19,23,27-29,31-32H2,1-5,7-16H3/b36-26+/t40-,41?,47?/m0/s1. The van der Waals surface area contributed by atoms with E-state index in [0.29, 0.717) is 38.6 Å². The van der Waals surface area contributed by atoms with Crippen LogP contribution in [0, 0.1) is 9.49 Å². The van der Waals surface area contributed by atoms with Crippen molar-refractivity contribution in [2.75, 3.05) is 13.2 Å². The summed E-state index contributed by atoms with van der Waals surface area (Å²) in [6.45, 7) is 39.1. The number of carbonyl (C=O) groups excluding carboxylic acids is 1. The topological polar surface area (TPSA) is 75.8 Å². The Labute approximate surface area is 362 Å². The smallest absolute Gasteiger partial charge is 0.343 e. The first-order valence-corrected chi connectivity index (χ1v) is 28.0. The molecule has 0 N–H and O–H groups in total. The molecule has 320 valence electrons. The highest BCUT2D eigenvalue weighted by molar-refractivity contribution is 14.1. The molecular formula is C47H75IO7Si2. The summed E-state index contributed by atoms with van der Waals surface area (Å²) in [5, 5.41) is -0.0207. The van der Waals surface area contributed by atoms with E-state index in [9.17, 15) is 4.79 Å². The zero-order valence-corrected chi connectivity index (χ0v) is 42.2. The second-order valence-corrected chi connectivity index (χ2v) is 29.8. The van der Waals surface area contributed by atoms with E-state index < -0.39 is 28.3 Å². The monoisotopic (exact) mass is 934 g/mol. The SMILES string of the molecule is C=C(CC(O[Si](C)(C)C(C)(C)C)C1(C(=O)OCC)O[C@H]1CC)/C(=C/COc1c(I)cc(CC(C)C)c(OCc2ccccc2)c1CO[Si](C)(C)C(C)(C)C)CCC. The first-order chi connectivity index (χ1) is 26.4. The minimum atomic E-state index is -2.33. The maximum atomic E-state index is 13.7. The molecule has 2 aromatic rings. The van der Waals surface area contributed by atoms with Crippen molar-refractivity contribution in [3.05, 3.63) is 80.5 Å². The van der Waals surface area contributed by atoms with E-state index in [2.05, 4.69) is 142 Å². The molecule has 10 heteroatoms. The van der Waals surface area contributed by atoms with Crippen molar-refractivity contribution in [2.45, 2.75) is 176 Å². The number of ether oxygens (including phenoxy) is 4. The molecule has 0 spiro atoms. The first-order valence-electron chi connectivity index (χ1n) is 21.1. The average molecular weight is 935 g/mol. The van der Waals surface area contributed by atoms with Gasteiger partial charge in [0.2, 0.25) is 5.60 Å². The number of epoxide rings is 1. The molecule has 0 aliphatic carbocycles. The van der Waals surface area contributed by atoms with E-state index in [-0.39, 0.29) is 28.8 Å². The summed E-state index contributed by atoms with van der Waals surface area (Å²) in [6.07, 6.45) is 5.15. The lowest BCUT2D eigenvalue weighted by molar-refractivity contribution is -0.153. The summed E-state index contributed by atoms with van der Waals surface area (Å²) in [6, 6.07) is 12.5. The molecule has 2 aromatic carbocycles. The van der Waals surface area contributed by atoms with Gasteiger partial charge in [-0.15, -0.1) is 0 Å². The van der Waals surface area contributed by atoms with Crippen LogP contribution in [0.5, 0.6) is 11.5 Å². The van der Waals surface area contributed by atoms with E-state index in [0.717, 1.165) is 62.2 Å². The zero-order chi connectivity index (χ0) is 43.0. The minimum absolute atomic E-state index is 0.0423. The van der Waals surface area contributed by atoms with Crippen LogP contribution in [0.1, 0.15) is 119 Å². The maximum Gasteiger partial charge on any atom is 0.343 e. The van der Waals surface area contributed by atoms with Crippen molar-refractivity contribution in [1.82, 2.24) is 0 Å². The van der Waals surface area contributed by atoms with Gasteiger partial charge in [-0.1, -0.05) is 113 Å². The van der Waals surface area contributed by atoms with Gasteiger partial charge in [-0.25, -0.2) is 4.79 Å². The molecule has 1 fully saturated rings. The van der Waals surface area contributed by atoms with E-state index in [1.54, 1.807) is 0 Å². The van der Waals surface area contributed by atoms with Gasteiger partial charge in [0.05, 0.1) is 28.5 Å². The molecule has 0 saturated carbocycles. The number of hydrogen-bond donors (Lipinski definition) is 0. The number of hydrogen-bond acceptors (Lipinski definition) is 7. The predicted molar refractivity (Wildman–Crippen MR) is 249 cm³/mol. The molecular weight excluding hydrogens is 860 g/mol. The van der Waals surface area contributed by atoms with Crippen molar-refractivity contribution < 1.29 is 32.6 Å². The van der Waals surface area contributed by atoms with Gasteiger partial charge in [-0.2, -0.15) is 0 Å². The van der Waals surface area contributed by atoms with Crippen LogP contribution in [0.15, 0.2) is 60.2 Å². The summed E-state index contributed by atoms with van der Waals surface area (Å²) >= 11 is 2.41. The second-order valence-electron chi connectivity index (χ2n) is 19.1. The average Bonchev–Trinajstić information content (AvgIpc) is 3.86. The van der Waals surface area contributed by atoms with Gasteiger partial charge in [0.15, 0.2) is 16.6 Å². The summed E-state index contributed by atoms with van der Waals surface area (Å²) in [4.78, 5) is 13.7. The highest BCUT2D eigenvalue weighted by Crippen LogP contribution is 2.50. The van der Waals surface area contributed by atoms with Crippen molar-refractivity contribution in [1.29, 1.82) is 0 Å². The van der Waals surface area contributed by atoms with Gasteiger partial charge in [-0.05, 0) is 125 Å². The molecule has 1 aliphatic rings. The van der Waals surface area contributed by atoms with Crippen LogP contribution < -0.4 is 9.47 Å². The Morgan fingerprint density at radius 1 is 0.947 bits per heavy atom. The van der Waals surface area contributed by atoms with Crippen LogP contribution in [-0.4, -0.2) is 53.6 Å². The highest BCUT2D eigenvalue weighted by atomic mass is 127. The molecule has 57 heavy (non-hydrogen) atoms. The van der Waals surface area contributed by atoms with E-state index in [4.69, 9.17) is 27.8 Å². The molecule has 3 atom stereocenters. The van der Waals surface area contributed by atoms with Crippen LogP contribution in [0.3, 0.4) is 0 Å². The van der Waals surface area contributed by atoms with Crippen LogP contribution in [-0.2, 0) is 42.8 Å². The van der Waals surface area contributed by atoms with Gasteiger partial charge < -0.3 is 27.8 Å². The maximum absolute atomic E-state index is 13.7. The molecule has 0 bridgehead atoms. The zero-order valence-electron chi connectivity index (χ0n) is 38.1. The summed E-state index contributed by atoms with van der Waals surface area (Å²) < 4.78 is 40.5.